The zero-order valence-electron chi connectivity index (χ0n) is 10.6. The van der Waals surface area contributed by atoms with Crippen molar-refractivity contribution < 1.29 is 9.90 Å². The van der Waals surface area contributed by atoms with Gasteiger partial charge >= 0.3 is 0 Å². The number of hydrogen-bond acceptors (Lipinski definition) is 2. The molecule has 0 saturated heterocycles. The lowest BCUT2D eigenvalue weighted by atomic mass is 9.91. The highest BCUT2D eigenvalue weighted by Crippen LogP contribution is 2.29. The molecule has 1 aromatic carbocycles. The lowest BCUT2D eigenvalue weighted by Crippen LogP contribution is -2.44. The number of hydrogen-bond donors (Lipinski definition) is 1. The summed E-state index contributed by atoms with van der Waals surface area (Å²) in [6.45, 7) is 0.769. The molecule has 1 fully saturated rings. The van der Waals surface area contributed by atoms with Crippen molar-refractivity contribution in [2.45, 2.75) is 31.7 Å². The van der Waals surface area contributed by atoms with Crippen LogP contribution in [0.15, 0.2) is 22.7 Å². The molecule has 5 heteroatoms. The Bertz CT molecular complexity index is 461. The van der Waals surface area contributed by atoms with E-state index in [0.717, 1.165) is 31.1 Å². The van der Waals surface area contributed by atoms with Gasteiger partial charge in [-0.3, -0.25) is 4.79 Å². The standard InChI is InChI=1S/C14H17Br2NO2/c15-7-2-8-17(11-3-1-4-11)14(19)10-5-6-12(16)13(18)9-10/h5-6,9,11,18H,1-4,7-8H2. The van der Waals surface area contributed by atoms with E-state index in [9.17, 15) is 9.90 Å². The number of alkyl halides is 1. The number of phenolic OH excluding ortho intramolecular Hbond substituents is 1. The Morgan fingerprint density at radius 1 is 1.42 bits per heavy atom. The highest BCUT2D eigenvalue weighted by atomic mass is 79.9. The maximum atomic E-state index is 12.5. The molecule has 1 saturated carbocycles. The first-order valence-electron chi connectivity index (χ1n) is 6.49. The third-order valence-electron chi connectivity index (χ3n) is 3.50. The van der Waals surface area contributed by atoms with Crippen LogP contribution in [0.25, 0.3) is 0 Å². The largest absolute Gasteiger partial charge is 0.507 e. The van der Waals surface area contributed by atoms with E-state index < -0.39 is 0 Å². The highest BCUT2D eigenvalue weighted by Gasteiger charge is 2.29. The number of rotatable bonds is 5. The minimum Gasteiger partial charge on any atom is -0.507 e. The number of halogens is 2. The minimum absolute atomic E-state index is 0.0217. The van der Waals surface area contributed by atoms with Crippen molar-refractivity contribution >= 4 is 37.8 Å². The third kappa shape index (κ3) is 3.51. The summed E-state index contributed by atoms with van der Waals surface area (Å²) in [5.41, 5.74) is 0.558. The Balaban J connectivity index is 2.15. The van der Waals surface area contributed by atoms with E-state index in [1.807, 2.05) is 4.90 Å². The zero-order valence-corrected chi connectivity index (χ0v) is 13.8. The molecule has 1 aromatic rings. The second-order valence-electron chi connectivity index (χ2n) is 4.79. The summed E-state index contributed by atoms with van der Waals surface area (Å²) in [7, 11) is 0. The van der Waals surface area contributed by atoms with Crippen LogP contribution in [0.2, 0.25) is 0 Å². The molecule has 0 atom stereocenters. The molecule has 0 bridgehead atoms. The summed E-state index contributed by atoms with van der Waals surface area (Å²) in [5, 5.41) is 10.6. The summed E-state index contributed by atoms with van der Waals surface area (Å²) in [6.07, 6.45) is 4.34. The molecule has 1 aliphatic rings. The second kappa shape index (κ2) is 6.75. The van der Waals surface area contributed by atoms with Gasteiger partial charge in [-0.25, -0.2) is 0 Å². The minimum atomic E-state index is 0.0217. The molecule has 0 heterocycles. The fourth-order valence-corrected chi connectivity index (χ4v) is 2.69. The molecule has 19 heavy (non-hydrogen) atoms. The average molecular weight is 391 g/mol. The Kier molecular flexibility index (Phi) is 5.28. The molecule has 0 unspecified atom stereocenters. The van der Waals surface area contributed by atoms with Crippen LogP contribution in [0.4, 0.5) is 0 Å². The van der Waals surface area contributed by atoms with Gasteiger partial charge in [-0.2, -0.15) is 0 Å². The smallest absolute Gasteiger partial charge is 0.254 e. The molecule has 0 aromatic heterocycles. The summed E-state index contributed by atoms with van der Waals surface area (Å²) in [6, 6.07) is 5.38. The van der Waals surface area contributed by atoms with Gasteiger partial charge in [0.25, 0.3) is 5.91 Å². The Hall–Kier alpha value is -0.550. The third-order valence-corrected chi connectivity index (χ3v) is 4.73. The molecule has 0 radical (unpaired) electrons. The molecule has 1 aliphatic carbocycles. The Morgan fingerprint density at radius 3 is 2.68 bits per heavy atom. The first kappa shape index (κ1) is 14.9. The van der Waals surface area contributed by atoms with Crippen molar-refractivity contribution in [2.75, 3.05) is 11.9 Å². The van der Waals surface area contributed by atoms with Crippen LogP contribution in [0.3, 0.4) is 0 Å². The van der Waals surface area contributed by atoms with E-state index in [1.54, 1.807) is 12.1 Å². The van der Waals surface area contributed by atoms with Crippen LogP contribution in [0.5, 0.6) is 5.75 Å². The number of carbonyl (C=O) groups is 1. The highest BCUT2D eigenvalue weighted by molar-refractivity contribution is 9.10. The van der Waals surface area contributed by atoms with Gasteiger partial charge in [-0.1, -0.05) is 15.9 Å². The molecule has 1 N–H and O–H groups in total. The molecule has 1 amide bonds. The van der Waals surface area contributed by atoms with Crippen LogP contribution >= 0.6 is 31.9 Å². The van der Waals surface area contributed by atoms with Crippen molar-refractivity contribution in [3.63, 3.8) is 0 Å². The monoisotopic (exact) mass is 389 g/mol. The van der Waals surface area contributed by atoms with Gasteiger partial charge in [-0.15, -0.1) is 0 Å². The molecule has 0 spiro atoms. The number of amides is 1. The van der Waals surface area contributed by atoms with Crippen LogP contribution in [-0.4, -0.2) is 33.8 Å². The maximum Gasteiger partial charge on any atom is 0.254 e. The number of carbonyl (C=O) groups excluding carboxylic acids is 1. The topological polar surface area (TPSA) is 40.5 Å². The molecule has 0 aliphatic heterocycles. The van der Waals surface area contributed by atoms with Gasteiger partial charge in [0.1, 0.15) is 5.75 Å². The normalized spacial score (nSPS) is 15.1. The molecular formula is C14H17Br2NO2. The van der Waals surface area contributed by atoms with Crippen molar-refractivity contribution in [1.82, 2.24) is 4.90 Å². The van der Waals surface area contributed by atoms with Gasteiger partial charge < -0.3 is 10.0 Å². The number of nitrogens with zero attached hydrogens (tertiary/aromatic N) is 1. The summed E-state index contributed by atoms with van der Waals surface area (Å²) < 4.78 is 0.611. The van der Waals surface area contributed by atoms with Crippen LogP contribution in [0, 0.1) is 0 Å². The van der Waals surface area contributed by atoms with Gasteiger partial charge in [0.05, 0.1) is 4.47 Å². The van der Waals surface area contributed by atoms with Crippen molar-refractivity contribution in [1.29, 1.82) is 0 Å². The van der Waals surface area contributed by atoms with E-state index in [4.69, 9.17) is 0 Å². The molecule has 3 nitrogen and oxygen atoms in total. The van der Waals surface area contributed by atoms with Crippen molar-refractivity contribution in [2.24, 2.45) is 0 Å². The predicted molar refractivity (Wildman–Crippen MR) is 82.9 cm³/mol. The quantitative estimate of drug-likeness (QED) is 0.773. The summed E-state index contributed by atoms with van der Waals surface area (Å²) in [4.78, 5) is 14.5. The van der Waals surface area contributed by atoms with Gasteiger partial charge in [0, 0.05) is 23.5 Å². The first-order chi connectivity index (χ1) is 9.13. The predicted octanol–water partition coefficient (Wildman–Crippen LogP) is 3.93. The number of benzene rings is 1. The second-order valence-corrected chi connectivity index (χ2v) is 6.44. The molecular weight excluding hydrogens is 374 g/mol. The molecule has 2 rings (SSSR count). The van der Waals surface area contributed by atoms with E-state index in [-0.39, 0.29) is 11.7 Å². The molecule has 104 valence electrons. The van der Waals surface area contributed by atoms with Crippen LogP contribution in [-0.2, 0) is 0 Å². The Morgan fingerprint density at radius 2 is 2.16 bits per heavy atom. The van der Waals surface area contributed by atoms with E-state index in [2.05, 4.69) is 31.9 Å². The van der Waals surface area contributed by atoms with E-state index in [0.29, 0.717) is 16.1 Å². The van der Waals surface area contributed by atoms with E-state index >= 15 is 0 Å². The van der Waals surface area contributed by atoms with Gasteiger partial charge in [0.15, 0.2) is 0 Å². The lowest BCUT2D eigenvalue weighted by molar-refractivity contribution is 0.0581. The number of phenols is 1. The maximum absolute atomic E-state index is 12.5. The SMILES string of the molecule is O=C(c1ccc(Br)c(O)c1)N(CCCBr)C1CCC1. The van der Waals surface area contributed by atoms with Crippen molar-refractivity contribution in [3.05, 3.63) is 28.2 Å². The van der Waals surface area contributed by atoms with Gasteiger partial charge in [-0.05, 0) is 59.8 Å². The average Bonchev–Trinajstić information content (AvgIpc) is 2.34. The fourth-order valence-electron chi connectivity index (χ4n) is 2.19. The van der Waals surface area contributed by atoms with E-state index in [1.165, 1.54) is 12.5 Å². The fraction of sp³-hybridized carbons (Fsp3) is 0.500. The number of aromatic hydroxyl groups is 1. The summed E-state index contributed by atoms with van der Waals surface area (Å²) in [5.74, 6) is 0.133. The Labute approximate surface area is 130 Å². The van der Waals surface area contributed by atoms with Crippen LogP contribution < -0.4 is 0 Å². The van der Waals surface area contributed by atoms with Crippen molar-refractivity contribution in [3.8, 4) is 5.75 Å². The van der Waals surface area contributed by atoms with Crippen LogP contribution in [0.1, 0.15) is 36.0 Å². The van der Waals surface area contributed by atoms with Gasteiger partial charge in [0.2, 0.25) is 0 Å². The summed E-state index contributed by atoms with van der Waals surface area (Å²) >= 11 is 6.64. The first-order valence-corrected chi connectivity index (χ1v) is 8.40. The lowest BCUT2D eigenvalue weighted by Gasteiger charge is -2.37. The zero-order chi connectivity index (χ0) is 13.8.